The zero-order valence-corrected chi connectivity index (χ0v) is 8.49. The minimum atomic E-state index is -1.82. The predicted molar refractivity (Wildman–Crippen MR) is 55.2 cm³/mol. The number of fused-ring (bicyclic) bond motifs is 1. The molecule has 1 unspecified atom stereocenters. The molecule has 1 N–H and O–H groups in total. The standard InChI is InChI=1S/C9H10N2O2S/c1-11-5-4-8-9(11)3-2-7(10-8)6-14(12)13/h2-5H,6H2,1H3,(H,12,13). The molecule has 2 heterocycles. The van der Waals surface area contributed by atoms with E-state index >= 15 is 0 Å². The third kappa shape index (κ3) is 1.69. The van der Waals surface area contributed by atoms with Gasteiger partial charge in [-0.2, -0.15) is 0 Å². The average molecular weight is 210 g/mol. The molecule has 0 aliphatic rings. The topological polar surface area (TPSA) is 55.1 Å². The van der Waals surface area contributed by atoms with Crippen LogP contribution in [0, 0.1) is 0 Å². The van der Waals surface area contributed by atoms with E-state index in [2.05, 4.69) is 4.98 Å². The summed E-state index contributed by atoms with van der Waals surface area (Å²) in [6, 6.07) is 5.57. The van der Waals surface area contributed by atoms with Crippen LogP contribution in [-0.4, -0.2) is 18.3 Å². The van der Waals surface area contributed by atoms with Crippen molar-refractivity contribution in [3.05, 3.63) is 30.1 Å². The highest BCUT2D eigenvalue weighted by atomic mass is 32.2. The van der Waals surface area contributed by atoms with Gasteiger partial charge in [-0.05, 0) is 18.2 Å². The van der Waals surface area contributed by atoms with E-state index in [0.29, 0.717) is 5.69 Å². The van der Waals surface area contributed by atoms with Crippen LogP contribution in [0.2, 0.25) is 0 Å². The first-order valence-electron chi connectivity index (χ1n) is 4.15. The van der Waals surface area contributed by atoms with Crippen LogP contribution in [0.15, 0.2) is 24.4 Å². The molecule has 1 atom stereocenters. The molecule has 2 aromatic heterocycles. The maximum absolute atomic E-state index is 10.6. The summed E-state index contributed by atoms with van der Waals surface area (Å²) in [5.41, 5.74) is 2.53. The van der Waals surface area contributed by atoms with Crippen LogP contribution in [0.4, 0.5) is 0 Å². The molecule has 0 spiro atoms. The highest BCUT2D eigenvalue weighted by Gasteiger charge is 2.03. The SMILES string of the molecule is Cn1ccc2nc(CS(=O)O)ccc21. The molecule has 74 valence electrons. The van der Waals surface area contributed by atoms with Gasteiger partial charge in [0.15, 0.2) is 11.1 Å². The molecule has 0 saturated carbocycles. The van der Waals surface area contributed by atoms with Crippen molar-refractivity contribution in [2.24, 2.45) is 7.05 Å². The van der Waals surface area contributed by atoms with E-state index in [4.69, 9.17) is 4.55 Å². The molecule has 2 aromatic rings. The second-order valence-electron chi connectivity index (χ2n) is 3.10. The second kappa shape index (κ2) is 3.51. The molecule has 0 bridgehead atoms. The third-order valence-corrected chi connectivity index (χ3v) is 2.61. The number of hydrogen-bond acceptors (Lipinski definition) is 2. The van der Waals surface area contributed by atoms with Crippen molar-refractivity contribution in [1.82, 2.24) is 9.55 Å². The minimum Gasteiger partial charge on any atom is -0.349 e. The van der Waals surface area contributed by atoms with Crippen LogP contribution < -0.4 is 0 Å². The van der Waals surface area contributed by atoms with Gasteiger partial charge in [-0.3, -0.25) is 4.98 Å². The number of nitrogens with zero attached hydrogens (tertiary/aromatic N) is 2. The summed E-state index contributed by atoms with van der Waals surface area (Å²) < 4.78 is 21.2. The fourth-order valence-electron chi connectivity index (χ4n) is 1.40. The van der Waals surface area contributed by atoms with Crippen LogP contribution in [-0.2, 0) is 23.9 Å². The van der Waals surface area contributed by atoms with E-state index in [1.165, 1.54) is 0 Å². The van der Waals surface area contributed by atoms with Crippen molar-refractivity contribution < 1.29 is 8.76 Å². The molecule has 14 heavy (non-hydrogen) atoms. The third-order valence-electron chi connectivity index (χ3n) is 2.07. The van der Waals surface area contributed by atoms with Crippen molar-refractivity contribution in [2.75, 3.05) is 0 Å². The van der Waals surface area contributed by atoms with Gasteiger partial charge in [0.05, 0.1) is 22.5 Å². The molecule has 0 aliphatic carbocycles. The van der Waals surface area contributed by atoms with Gasteiger partial charge >= 0.3 is 0 Å². The van der Waals surface area contributed by atoms with E-state index in [9.17, 15) is 4.21 Å². The Morgan fingerprint density at radius 1 is 1.50 bits per heavy atom. The molecule has 0 fully saturated rings. The number of pyridine rings is 1. The second-order valence-corrected chi connectivity index (χ2v) is 4.03. The van der Waals surface area contributed by atoms with E-state index < -0.39 is 11.1 Å². The van der Waals surface area contributed by atoms with Crippen LogP contribution in [0.1, 0.15) is 5.69 Å². The van der Waals surface area contributed by atoms with E-state index in [1.54, 1.807) is 6.07 Å². The van der Waals surface area contributed by atoms with Gasteiger partial charge in [-0.15, -0.1) is 0 Å². The Morgan fingerprint density at radius 3 is 3.00 bits per heavy atom. The van der Waals surface area contributed by atoms with Gasteiger partial charge in [0.1, 0.15) is 0 Å². The predicted octanol–water partition coefficient (Wildman–Crippen LogP) is 1.29. The first kappa shape index (κ1) is 9.36. The molecular formula is C9H10N2O2S. The van der Waals surface area contributed by atoms with Crippen LogP contribution in [0.5, 0.6) is 0 Å². The summed E-state index contributed by atoms with van der Waals surface area (Å²) in [5.74, 6) is 0.0881. The van der Waals surface area contributed by atoms with E-state index in [-0.39, 0.29) is 5.75 Å². The Morgan fingerprint density at radius 2 is 2.29 bits per heavy atom. The van der Waals surface area contributed by atoms with Crippen molar-refractivity contribution in [3.8, 4) is 0 Å². The Kier molecular flexibility index (Phi) is 2.35. The van der Waals surface area contributed by atoms with Crippen LogP contribution in [0.3, 0.4) is 0 Å². The summed E-state index contributed by atoms with van der Waals surface area (Å²) in [6.45, 7) is 0. The van der Waals surface area contributed by atoms with E-state index in [0.717, 1.165) is 11.0 Å². The van der Waals surface area contributed by atoms with Crippen molar-refractivity contribution in [1.29, 1.82) is 0 Å². The fraction of sp³-hybridized carbons (Fsp3) is 0.222. The maximum Gasteiger partial charge on any atom is 0.158 e. The lowest BCUT2D eigenvalue weighted by molar-refractivity contribution is 0.563. The lowest BCUT2D eigenvalue weighted by atomic mass is 10.3. The lowest BCUT2D eigenvalue weighted by Gasteiger charge is -1.98. The lowest BCUT2D eigenvalue weighted by Crippen LogP contribution is -1.96. The summed E-state index contributed by atoms with van der Waals surface area (Å²) in [5, 5.41) is 0. The molecule has 0 amide bonds. The molecule has 0 radical (unpaired) electrons. The maximum atomic E-state index is 10.6. The molecule has 5 heteroatoms. The van der Waals surface area contributed by atoms with E-state index in [1.807, 2.05) is 29.9 Å². The smallest absolute Gasteiger partial charge is 0.158 e. The van der Waals surface area contributed by atoms with Gasteiger partial charge in [-0.25, -0.2) is 4.21 Å². The van der Waals surface area contributed by atoms with Crippen LogP contribution >= 0.6 is 0 Å². The summed E-state index contributed by atoms with van der Waals surface area (Å²) in [4.78, 5) is 4.26. The average Bonchev–Trinajstić information content (AvgIpc) is 2.46. The molecular weight excluding hydrogens is 200 g/mol. The van der Waals surface area contributed by atoms with Crippen LogP contribution in [0.25, 0.3) is 11.0 Å². The summed E-state index contributed by atoms with van der Waals surface area (Å²) >= 11 is -1.82. The number of aromatic nitrogens is 2. The highest BCUT2D eigenvalue weighted by Crippen LogP contribution is 2.13. The van der Waals surface area contributed by atoms with Gasteiger partial charge in [0.2, 0.25) is 0 Å². The number of hydrogen-bond donors (Lipinski definition) is 1. The highest BCUT2D eigenvalue weighted by molar-refractivity contribution is 7.78. The summed E-state index contributed by atoms with van der Waals surface area (Å²) in [6.07, 6.45) is 1.91. The number of rotatable bonds is 2. The van der Waals surface area contributed by atoms with Gasteiger partial charge < -0.3 is 9.12 Å². The first-order chi connectivity index (χ1) is 6.66. The number of aryl methyl sites for hydroxylation is 1. The molecule has 2 rings (SSSR count). The molecule has 0 aromatic carbocycles. The largest absolute Gasteiger partial charge is 0.349 e. The monoisotopic (exact) mass is 210 g/mol. The van der Waals surface area contributed by atoms with Gasteiger partial charge in [-0.1, -0.05) is 0 Å². The Balaban J connectivity index is 2.46. The van der Waals surface area contributed by atoms with Gasteiger partial charge in [0, 0.05) is 13.2 Å². The minimum absolute atomic E-state index is 0.0881. The molecule has 0 saturated heterocycles. The van der Waals surface area contributed by atoms with Crippen molar-refractivity contribution in [2.45, 2.75) is 5.75 Å². The molecule has 0 aliphatic heterocycles. The summed E-state index contributed by atoms with van der Waals surface area (Å²) in [7, 11) is 1.94. The normalized spacial score (nSPS) is 13.3. The van der Waals surface area contributed by atoms with Crippen molar-refractivity contribution >= 4 is 22.1 Å². The Hall–Kier alpha value is -1.20. The Bertz CT molecular complexity index is 493. The Labute approximate surface area is 83.9 Å². The molecule has 4 nitrogen and oxygen atoms in total. The van der Waals surface area contributed by atoms with Crippen molar-refractivity contribution in [3.63, 3.8) is 0 Å². The zero-order chi connectivity index (χ0) is 10.1. The van der Waals surface area contributed by atoms with Gasteiger partial charge in [0.25, 0.3) is 0 Å². The fourth-order valence-corrected chi connectivity index (χ4v) is 1.81. The quantitative estimate of drug-likeness (QED) is 0.760. The first-order valence-corrected chi connectivity index (χ1v) is 5.43. The zero-order valence-electron chi connectivity index (χ0n) is 7.67.